The summed E-state index contributed by atoms with van der Waals surface area (Å²) in [4.78, 5) is 4.62. The van der Waals surface area contributed by atoms with Gasteiger partial charge in [0.1, 0.15) is 0 Å². The number of halogens is 1. The SMILES string of the molecule is CC(C)(C)C(N)Cc1nc2ccc(Br)cc2s1. The zero-order chi connectivity index (χ0) is 12.6. The maximum atomic E-state index is 6.19. The summed E-state index contributed by atoms with van der Waals surface area (Å²) in [5.41, 5.74) is 7.38. The van der Waals surface area contributed by atoms with E-state index >= 15 is 0 Å². The molecule has 2 rings (SSSR count). The van der Waals surface area contributed by atoms with Gasteiger partial charge in [-0.1, -0.05) is 36.7 Å². The van der Waals surface area contributed by atoms with Crippen molar-refractivity contribution in [1.82, 2.24) is 4.98 Å². The van der Waals surface area contributed by atoms with E-state index < -0.39 is 0 Å². The average Bonchev–Trinajstić information content (AvgIpc) is 2.57. The van der Waals surface area contributed by atoms with Crippen LogP contribution in [0.4, 0.5) is 0 Å². The van der Waals surface area contributed by atoms with Gasteiger partial charge in [0.15, 0.2) is 0 Å². The van der Waals surface area contributed by atoms with Crippen LogP contribution in [0.5, 0.6) is 0 Å². The summed E-state index contributed by atoms with van der Waals surface area (Å²) in [7, 11) is 0. The molecule has 0 aliphatic heterocycles. The highest BCUT2D eigenvalue weighted by Gasteiger charge is 2.22. The largest absolute Gasteiger partial charge is 0.327 e. The molecule has 1 heterocycles. The number of nitrogens with zero attached hydrogens (tertiary/aromatic N) is 1. The molecular weight excluding hydrogens is 296 g/mol. The normalized spacial score (nSPS) is 14.2. The molecule has 2 N–H and O–H groups in total. The van der Waals surface area contributed by atoms with Crippen LogP contribution in [0.2, 0.25) is 0 Å². The van der Waals surface area contributed by atoms with Crippen LogP contribution in [0.1, 0.15) is 25.8 Å². The Labute approximate surface area is 114 Å². The molecule has 0 saturated carbocycles. The van der Waals surface area contributed by atoms with Gasteiger partial charge in [0.25, 0.3) is 0 Å². The van der Waals surface area contributed by atoms with Crippen molar-refractivity contribution in [3.05, 3.63) is 27.7 Å². The van der Waals surface area contributed by atoms with E-state index in [9.17, 15) is 0 Å². The van der Waals surface area contributed by atoms with Crippen molar-refractivity contribution < 1.29 is 0 Å². The quantitative estimate of drug-likeness (QED) is 0.911. The molecular formula is C13H17BrN2S. The minimum absolute atomic E-state index is 0.123. The first kappa shape index (κ1) is 13.0. The van der Waals surface area contributed by atoms with E-state index in [0.29, 0.717) is 0 Å². The second kappa shape index (κ2) is 4.67. The van der Waals surface area contributed by atoms with Crippen molar-refractivity contribution in [3.63, 3.8) is 0 Å². The average molecular weight is 313 g/mol. The molecule has 2 nitrogen and oxygen atoms in total. The van der Waals surface area contributed by atoms with Gasteiger partial charge in [-0.15, -0.1) is 11.3 Å². The van der Waals surface area contributed by atoms with Crippen molar-refractivity contribution in [3.8, 4) is 0 Å². The molecule has 92 valence electrons. The molecule has 0 spiro atoms. The lowest BCUT2D eigenvalue weighted by Crippen LogP contribution is -2.36. The molecule has 1 unspecified atom stereocenters. The maximum Gasteiger partial charge on any atom is 0.0954 e. The van der Waals surface area contributed by atoms with E-state index in [4.69, 9.17) is 5.73 Å². The van der Waals surface area contributed by atoms with Crippen LogP contribution < -0.4 is 5.73 Å². The fourth-order valence-electron chi connectivity index (χ4n) is 1.53. The smallest absolute Gasteiger partial charge is 0.0954 e. The summed E-state index contributed by atoms with van der Waals surface area (Å²) in [6, 6.07) is 6.32. The Hall–Kier alpha value is -0.450. The standard InChI is InChI=1S/C13H17BrN2S/c1-13(2,3)11(15)7-12-16-9-5-4-8(14)6-10(9)17-12/h4-6,11H,7,15H2,1-3H3. The highest BCUT2D eigenvalue weighted by atomic mass is 79.9. The van der Waals surface area contributed by atoms with Crippen LogP contribution in [-0.2, 0) is 6.42 Å². The lowest BCUT2D eigenvalue weighted by Gasteiger charge is -2.26. The molecule has 0 saturated heterocycles. The Balaban J connectivity index is 2.25. The fourth-order valence-corrected chi connectivity index (χ4v) is 3.11. The van der Waals surface area contributed by atoms with Gasteiger partial charge in [0.05, 0.1) is 15.2 Å². The van der Waals surface area contributed by atoms with E-state index in [0.717, 1.165) is 21.4 Å². The van der Waals surface area contributed by atoms with Crippen molar-refractivity contribution >= 4 is 37.5 Å². The molecule has 0 bridgehead atoms. The molecule has 2 aromatic rings. The predicted molar refractivity (Wildman–Crippen MR) is 78.5 cm³/mol. The van der Waals surface area contributed by atoms with Gasteiger partial charge in [0, 0.05) is 16.9 Å². The highest BCUT2D eigenvalue weighted by molar-refractivity contribution is 9.10. The summed E-state index contributed by atoms with van der Waals surface area (Å²) in [5.74, 6) is 0. The lowest BCUT2D eigenvalue weighted by atomic mass is 9.86. The minimum atomic E-state index is 0.123. The number of fused-ring (bicyclic) bond motifs is 1. The zero-order valence-electron chi connectivity index (χ0n) is 10.3. The van der Waals surface area contributed by atoms with E-state index in [1.807, 2.05) is 12.1 Å². The second-order valence-corrected chi connectivity index (χ2v) is 7.43. The molecule has 1 aromatic carbocycles. The van der Waals surface area contributed by atoms with E-state index in [1.165, 1.54) is 4.70 Å². The first-order valence-corrected chi connectivity index (χ1v) is 7.28. The number of benzene rings is 1. The molecule has 0 radical (unpaired) electrons. The van der Waals surface area contributed by atoms with Gasteiger partial charge in [-0.25, -0.2) is 4.98 Å². The van der Waals surface area contributed by atoms with Crippen molar-refractivity contribution in [1.29, 1.82) is 0 Å². The molecule has 0 amide bonds. The van der Waals surface area contributed by atoms with Crippen molar-refractivity contribution in [2.75, 3.05) is 0 Å². The summed E-state index contributed by atoms with van der Waals surface area (Å²) < 4.78 is 2.32. The van der Waals surface area contributed by atoms with Crippen LogP contribution >= 0.6 is 27.3 Å². The van der Waals surface area contributed by atoms with Gasteiger partial charge >= 0.3 is 0 Å². The van der Waals surface area contributed by atoms with Gasteiger partial charge in [0.2, 0.25) is 0 Å². The number of rotatable bonds is 2. The van der Waals surface area contributed by atoms with E-state index in [2.05, 4.69) is 47.8 Å². The summed E-state index contributed by atoms with van der Waals surface area (Å²) in [6.07, 6.45) is 0.848. The van der Waals surface area contributed by atoms with E-state index in [-0.39, 0.29) is 11.5 Å². The predicted octanol–water partition coefficient (Wildman–Crippen LogP) is 3.97. The third-order valence-corrected chi connectivity index (χ3v) is 4.44. The first-order valence-electron chi connectivity index (χ1n) is 5.67. The maximum absolute atomic E-state index is 6.19. The van der Waals surface area contributed by atoms with Crippen LogP contribution in [-0.4, -0.2) is 11.0 Å². The molecule has 0 aliphatic rings. The summed E-state index contributed by atoms with van der Waals surface area (Å²) in [6.45, 7) is 6.50. The molecule has 0 aliphatic carbocycles. The Morgan fingerprint density at radius 1 is 1.41 bits per heavy atom. The van der Waals surface area contributed by atoms with Crippen LogP contribution in [0.3, 0.4) is 0 Å². The zero-order valence-corrected chi connectivity index (χ0v) is 12.7. The molecule has 1 atom stereocenters. The van der Waals surface area contributed by atoms with Gasteiger partial charge in [-0.3, -0.25) is 0 Å². The van der Waals surface area contributed by atoms with Gasteiger partial charge < -0.3 is 5.73 Å². The summed E-state index contributed by atoms with van der Waals surface area (Å²) >= 11 is 5.21. The van der Waals surface area contributed by atoms with Crippen LogP contribution in [0, 0.1) is 5.41 Å². The van der Waals surface area contributed by atoms with E-state index in [1.54, 1.807) is 11.3 Å². The molecule has 4 heteroatoms. The number of thiazole rings is 1. The number of aromatic nitrogens is 1. The molecule has 17 heavy (non-hydrogen) atoms. The third kappa shape index (κ3) is 3.06. The van der Waals surface area contributed by atoms with Crippen LogP contribution in [0.25, 0.3) is 10.2 Å². The Kier molecular flexibility index (Phi) is 3.57. The van der Waals surface area contributed by atoms with Crippen molar-refractivity contribution in [2.45, 2.75) is 33.2 Å². The Morgan fingerprint density at radius 3 is 2.76 bits per heavy atom. The monoisotopic (exact) mass is 312 g/mol. The van der Waals surface area contributed by atoms with Crippen LogP contribution in [0.15, 0.2) is 22.7 Å². The number of hydrogen-bond donors (Lipinski definition) is 1. The summed E-state index contributed by atoms with van der Waals surface area (Å²) in [5, 5.41) is 1.13. The first-order chi connectivity index (χ1) is 7.86. The number of hydrogen-bond acceptors (Lipinski definition) is 3. The highest BCUT2D eigenvalue weighted by Crippen LogP contribution is 2.28. The second-order valence-electron chi connectivity index (χ2n) is 5.40. The third-order valence-electron chi connectivity index (χ3n) is 2.90. The Morgan fingerprint density at radius 2 is 2.12 bits per heavy atom. The topological polar surface area (TPSA) is 38.9 Å². The lowest BCUT2D eigenvalue weighted by molar-refractivity contribution is 0.318. The Bertz CT molecular complexity index is 528. The molecule has 1 aromatic heterocycles. The number of nitrogens with two attached hydrogens (primary N) is 1. The van der Waals surface area contributed by atoms with Gasteiger partial charge in [-0.2, -0.15) is 0 Å². The van der Waals surface area contributed by atoms with Gasteiger partial charge in [-0.05, 0) is 23.6 Å². The molecule has 0 fully saturated rings. The fraction of sp³-hybridized carbons (Fsp3) is 0.462. The van der Waals surface area contributed by atoms with Crippen molar-refractivity contribution in [2.24, 2.45) is 11.1 Å². The minimum Gasteiger partial charge on any atom is -0.327 e.